The normalized spacial score (nSPS) is 12.2. The van der Waals surface area contributed by atoms with Crippen LogP contribution in [0.1, 0.15) is 24.4 Å². The lowest BCUT2D eigenvalue weighted by molar-refractivity contribution is 0.211. The number of aryl methyl sites for hydroxylation is 1. The predicted octanol–water partition coefficient (Wildman–Crippen LogP) is 5.00. The highest BCUT2D eigenvalue weighted by atomic mass is 79.9. The summed E-state index contributed by atoms with van der Waals surface area (Å²) in [6.07, 6.45) is 1.30. The topological polar surface area (TPSA) is 61.0 Å². The van der Waals surface area contributed by atoms with Gasteiger partial charge in [0.25, 0.3) is 5.89 Å². The Morgan fingerprint density at radius 3 is 2.83 bits per heavy atom. The highest BCUT2D eigenvalue weighted by Crippen LogP contribution is 2.31. The Kier molecular flexibility index (Phi) is 4.63. The SMILES string of the molecule is Cc1ccnc(-c2nc(C(C)Oc3ccc(Br)cc3Cl)no2)c1. The minimum atomic E-state index is -0.406. The fourth-order valence-corrected chi connectivity index (χ4v) is 2.69. The first kappa shape index (κ1) is 16.0. The number of pyridine rings is 1. The number of hydrogen-bond donors (Lipinski definition) is 0. The van der Waals surface area contributed by atoms with E-state index in [0.29, 0.717) is 28.2 Å². The third-order valence-electron chi connectivity index (χ3n) is 3.14. The molecular formula is C16H13BrClN3O2. The highest BCUT2D eigenvalue weighted by molar-refractivity contribution is 9.10. The van der Waals surface area contributed by atoms with Crippen molar-refractivity contribution in [3.63, 3.8) is 0 Å². The minimum absolute atomic E-state index is 0.362. The summed E-state index contributed by atoms with van der Waals surface area (Å²) < 4.78 is 12.0. The third-order valence-corrected chi connectivity index (χ3v) is 3.93. The minimum Gasteiger partial charge on any atom is -0.481 e. The van der Waals surface area contributed by atoms with E-state index in [1.807, 2.05) is 32.0 Å². The highest BCUT2D eigenvalue weighted by Gasteiger charge is 2.18. The molecule has 0 bridgehead atoms. The zero-order valence-corrected chi connectivity index (χ0v) is 14.8. The van der Waals surface area contributed by atoms with E-state index < -0.39 is 6.10 Å². The van der Waals surface area contributed by atoms with Crippen molar-refractivity contribution in [2.45, 2.75) is 20.0 Å². The Morgan fingerprint density at radius 2 is 2.09 bits per heavy atom. The van der Waals surface area contributed by atoms with E-state index in [0.717, 1.165) is 10.0 Å². The molecule has 0 radical (unpaired) electrons. The molecular weight excluding hydrogens is 382 g/mol. The molecule has 0 aliphatic heterocycles. The number of ether oxygens (including phenoxy) is 1. The molecule has 1 aromatic carbocycles. The molecule has 0 aliphatic carbocycles. The third kappa shape index (κ3) is 3.71. The second-order valence-corrected chi connectivity index (χ2v) is 6.33. The summed E-state index contributed by atoms with van der Waals surface area (Å²) in [5, 5.41) is 4.47. The van der Waals surface area contributed by atoms with Gasteiger partial charge in [-0.15, -0.1) is 0 Å². The first-order chi connectivity index (χ1) is 11.0. The van der Waals surface area contributed by atoms with E-state index in [2.05, 4.69) is 31.1 Å². The molecule has 7 heteroatoms. The molecule has 118 valence electrons. The summed E-state index contributed by atoms with van der Waals surface area (Å²) in [6, 6.07) is 9.19. The zero-order chi connectivity index (χ0) is 16.4. The van der Waals surface area contributed by atoms with Crippen molar-refractivity contribution in [1.29, 1.82) is 0 Å². The fourth-order valence-electron chi connectivity index (χ4n) is 1.97. The molecule has 2 aromatic heterocycles. The van der Waals surface area contributed by atoms with Crippen molar-refractivity contribution >= 4 is 27.5 Å². The van der Waals surface area contributed by atoms with Crippen molar-refractivity contribution in [1.82, 2.24) is 15.1 Å². The monoisotopic (exact) mass is 393 g/mol. The lowest BCUT2D eigenvalue weighted by Crippen LogP contribution is -2.05. The summed E-state index contributed by atoms with van der Waals surface area (Å²) in [7, 11) is 0. The maximum atomic E-state index is 6.15. The van der Waals surface area contributed by atoms with Gasteiger partial charge in [-0.25, -0.2) is 0 Å². The van der Waals surface area contributed by atoms with Crippen LogP contribution in [-0.2, 0) is 0 Å². The molecule has 0 aliphatic rings. The summed E-state index contributed by atoms with van der Waals surface area (Å²) >= 11 is 9.51. The predicted molar refractivity (Wildman–Crippen MR) is 90.5 cm³/mol. The van der Waals surface area contributed by atoms with Gasteiger partial charge in [0.15, 0.2) is 6.10 Å². The molecule has 5 nitrogen and oxygen atoms in total. The van der Waals surface area contributed by atoms with E-state index in [1.54, 1.807) is 18.3 Å². The zero-order valence-electron chi connectivity index (χ0n) is 12.5. The molecule has 0 amide bonds. The van der Waals surface area contributed by atoms with Crippen LogP contribution < -0.4 is 4.74 Å². The Hall–Kier alpha value is -1.92. The van der Waals surface area contributed by atoms with E-state index in [-0.39, 0.29) is 0 Å². The van der Waals surface area contributed by atoms with Crippen molar-refractivity contribution < 1.29 is 9.26 Å². The van der Waals surface area contributed by atoms with Crippen LogP contribution in [0, 0.1) is 6.92 Å². The smallest absolute Gasteiger partial charge is 0.276 e. The molecule has 0 fully saturated rings. The Balaban J connectivity index is 1.79. The molecule has 23 heavy (non-hydrogen) atoms. The fraction of sp³-hybridized carbons (Fsp3) is 0.188. The van der Waals surface area contributed by atoms with Crippen LogP contribution in [0.15, 0.2) is 45.5 Å². The number of nitrogens with zero attached hydrogens (tertiary/aromatic N) is 3. The standard InChI is InChI=1S/C16H13BrClN3O2/c1-9-5-6-19-13(7-9)16-20-15(21-23-16)10(2)22-14-4-3-11(17)8-12(14)18/h3-8,10H,1-2H3. The second kappa shape index (κ2) is 6.68. The van der Waals surface area contributed by atoms with Gasteiger partial charge >= 0.3 is 0 Å². The molecule has 0 saturated heterocycles. The molecule has 0 spiro atoms. The summed E-state index contributed by atoms with van der Waals surface area (Å²) in [6.45, 7) is 3.81. The number of benzene rings is 1. The van der Waals surface area contributed by atoms with E-state index >= 15 is 0 Å². The van der Waals surface area contributed by atoms with Crippen LogP contribution in [-0.4, -0.2) is 15.1 Å². The van der Waals surface area contributed by atoms with Gasteiger partial charge < -0.3 is 9.26 Å². The van der Waals surface area contributed by atoms with Gasteiger partial charge in [-0.2, -0.15) is 4.98 Å². The van der Waals surface area contributed by atoms with Crippen molar-refractivity contribution in [3.05, 3.63) is 57.4 Å². The van der Waals surface area contributed by atoms with Gasteiger partial charge in [-0.05, 0) is 49.7 Å². The quantitative estimate of drug-likeness (QED) is 0.623. The van der Waals surface area contributed by atoms with Crippen LogP contribution in [0.2, 0.25) is 5.02 Å². The Morgan fingerprint density at radius 1 is 1.26 bits per heavy atom. The van der Waals surface area contributed by atoms with Gasteiger partial charge in [0, 0.05) is 10.7 Å². The summed E-state index contributed by atoms with van der Waals surface area (Å²) in [4.78, 5) is 8.57. The van der Waals surface area contributed by atoms with E-state index in [1.165, 1.54) is 0 Å². The number of hydrogen-bond acceptors (Lipinski definition) is 5. The van der Waals surface area contributed by atoms with Crippen LogP contribution in [0.5, 0.6) is 5.75 Å². The lowest BCUT2D eigenvalue weighted by atomic mass is 10.2. The lowest BCUT2D eigenvalue weighted by Gasteiger charge is -2.12. The van der Waals surface area contributed by atoms with Crippen molar-refractivity contribution in [2.75, 3.05) is 0 Å². The first-order valence-corrected chi connectivity index (χ1v) is 8.08. The first-order valence-electron chi connectivity index (χ1n) is 6.91. The number of rotatable bonds is 4. The molecule has 1 unspecified atom stereocenters. The molecule has 2 heterocycles. The van der Waals surface area contributed by atoms with Gasteiger partial charge in [-0.3, -0.25) is 4.98 Å². The van der Waals surface area contributed by atoms with Gasteiger partial charge in [0.1, 0.15) is 11.4 Å². The molecule has 1 atom stereocenters. The van der Waals surface area contributed by atoms with Crippen LogP contribution in [0.3, 0.4) is 0 Å². The van der Waals surface area contributed by atoms with E-state index in [9.17, 15) is 0 Å². The van der Waals surface area contributed by atoms with Crippen LogP contribution in [0.25, 0.3) is 11.6 Å². The van der Waals surface area contributed by atoms with E-state index in [4.69, 9.17) is 20.9 Å². The molecule has 3 rings (SSSR count). The summed E-state index contributed by atoms with van der Waals surface area (Å²) in [5.74, 6) is 1.35. The largest absolute Gasteiger partial charge is 0.481 e. The Bertz CT molecular complexity index is 838. The number of halogens is 2. The second-order valence-electron chi connectivity index (χ2n) is 5.01. The molecule has 0 N–H and O–H groups in total. The average molecular weight is 395 g/mol. The Labute approximate surface area is 146 Å². The van der Waals surface area contributed by atoms with Crippen LogP contribution in [0.4, 0.5) is 0 Å². The average Bonchev–Trinajstić information content (AvgIpc) is 3.00. The molecule has 3 aromatic rings. The van der Waals surface area contributed by atoms with Gasteiger partial charge in [0.05, 0.1) is 5.02 Å². The maximum Gasteiger partial charge on any atom is 0.276 e. The maximum absolute atomic E-state index is 6.15. The van der Waals surface area contributed by atoms with Crippen LogP contribution >= 0.6 is 27.5 Å². The van der Waals surface area contributed by atoms with Crippen molar-refractivity contribution in [3.8, 4) is 17.3 Å². The summed E-state index contributed by atoms with van der Waals surface area (Å²) in [5.41, 5.74) is 1.71. The van der Waals surface area contributed by atoms with Gasteiger partial charge in [-0.1, -0.05) is 32.7 Å². The number of aromatic nitrogens is 3. The molecule has 0 saturated carbocycles. The van der Waals surface area contributed by atoms with Crippen molar-refractivity contribution in [2.24, 2.45) is 0 Å². The van der Waals surface area contributed by atoms with Gasteiger partial charge in [0.2, 0.25) is 5.82 Å².